The van der Waals surface area contributed by atoms with E-state index < -0.39 is 0 Å². The third-order valence-electron chi connectivity index (χ3n) is 2.24. The van der Waals surface area contributed by atoms with Crippen LogP contribution in [0.15, 0.2) is 18.3 Å². The molecule has 0 saturated carbocycles. The molecule has 0 N–H and O–H groups in total. The van der Waals surface area contributed by atoms with Crippen molar-refractivity contribution in [2.24, 2.45) is 0 Å². The average molecular weight is 175 g/mol. The molecule has 2 heterocycles. The van der Waals surface area contributed by atoms with Gasteiger partial charge in [-0.25, -0.2) is 0 Å². The van der Waals surface area contributed by atoms with Gasteiger partial charge in [0.2, 0.25) is 0 Å². The van der Waals surface area contributed by atoms with E-state index in [1.807, 2.05) is 19.2 Å². The summed E-state index contributed by atoms with van der Waals surface area (Å²) in [6.07, 6.45) is 2.04. The van der Waals surface area contributed by atoms with Crippen molar-refractivity contribution in [1.82, 2.24) is 14.8 Å². The maximum absolute atomic E-state index is 4.15. The fourth-order valence-corrected chi connectivity index (χ4v) is 1.50. The molecule has 0 amide bonds. The standard InChI is InChI=1S/C10H13N3/c1-7(2)13-6-4-5-9-8(3)11-12-10(9)13/h4-7H,1-3H3. The van der Waals surface area contributed by atoms with E-state index >= 15 is 0 Å². The monoisotopic (exact) mass is 175 g/mol. The lowest BCUT2D eigenvalue weighted by molar-refractivity contribution is 0.594. The third kappa shape index (κ3) is 1.20. The van der Waals surface area contributed by atoms with Gasteiger partial charge < -0.3 is 4.57 Å². The number of pyridine rings is 1. The zero-order chi connectivity index (χ0) is 9.42. The first-order valence-electron chi connectivity index (χ1n) is 4.50. The Labute approximate surface area is 77.8 Å². The van der Waals surface area contributed by atoms with Crippen LogP contribution < -0.4 is 0 Å². The molecule has 13 heavy (non-hydrogen) atoms. The minimum atomic E-state index is 0.430. The number of hydrogen-bond acceptors (Lipinski definition) is 2. The second-order valence-electron chi connectivity index (χ2n) is 3.53. The van der Waals surface area contributed by atoms with Crippen LogP contribution in [0.25, 0.3) is 11.4 Å². The highest BCUT2D eigenvalue weighted by Gasteiger charge is 2.13. The summed E-state index contributed by atoms with van der Waals surface area (Å²) < 4.78 is 2.13. The molecule has 0 aromatic heterocycles. The van der Waals surface area contributed by atoms with Crippen molar-refractivity contribution in [2.75, 3.05) is 0 Å². The van der Waals surface area contributed by atoms with E-state index in [1.54, 1.807) is 0 Å². The molecular weight excluding hydrogens is 162 g/mol. The molecule has 0 saturated heterocycles. The van der Waals surface area contributed by atoms with Crippen LogP contribution in [0.2, 0.25) is 0 Å². The molecule has 0 aromatic rings. The highest BCUT2D eigenvalue weighted by molar-refractivity contribution is 5.59. The molecule has 0 aromatic carbocycles. The first-order chi connectivity index (χ1) is 6.20. The van der Waals surface area contributed by atoms with Crippen molar-refractivity contribution in [2.45, 2.75) is 26.8 Å². The number of hydrogen-bond donors (Lipinski definition) is 0. The van der Waals surface area contributed by atoms with Gasteiger partial charge in [-0.15, -0.1) is 5.10 Å². The van der Waals surface area contributed by atoms with Crippen molar-refractivity contribution in [3.05, 3.63) is 24.0 Å². The average Bonchev–Trinajstić information content (AvgIpc) is 2.48. The van der Waals surface area contributed by atoms with Gasteiger partial charge in [0.25, 0.3) is 0 Å². The van der Waals surface area contributed by atoms with Crippen molar-refractivity contribution in [3.8, 4) is 11.4 Å². The highest BCUT2D eigenvalue weighted by atomic mass is 15.2. The van der Waals surface area contributed by atoms with Crippen LogP contribution in [0.3, 0.4) is 0 Å². The van der Waals surface area contributed by atoms with Gasteiger partial charge in [0, 0.05) is 17.8 Å². The van der Waals surface area contributed by atoms with Gasteiger partial charge in [-0.3, -0.25) is 0 Å². The maximum atomic E-state index is 4.15. The fourth-order valence-electron chi connectivity index (χ4n) is 1.50. The Morgan fingerprint density at radius 3 is 2.77 bits per heavy atom. The van der Waals surface area contributed by atoms with E-state index in [9.17, 15) is 0 Å². The minimum absolute atomic E-state index is 0.430. The number of rotatable bonds is 1. The molecule has 68 valence electrons. The molecule has 0 radical (unpaired) electrons. The van der Waals surface area contributed by atoms with E-state index in [0.29, 0.717) is 6.04 Å². The Morgan fingerprint density at radius 2 is 2.08 bits per heavy atom. The first-order valence-corrected chi connectivity index (χ1v) is 4.50. The Morgan fingerprint density at radius 1 is 1.31 bits per heavy atom. The lowest BCUT2D eigenvalue weighted by atomic mass is 10.2. The molecule has 0 atom stereocenters. The second-order valence-corrected chi connectivity index (χ2v) is 3.53. The largest absolute Gasteiger partial charge is 0.328 e. The number of fused-ring (bicyclic) bond motifs is 1. The Hall–Kier alpha value is -1.38. The molecule has 0 fully saturated rings. The van der Waals surface area contributed by atoms with Crippen molar-refractivity contribution in [1.29, 1.82) is 0 Å². The van der Waals surface area contributed by atoms with E-state index in [-0.39, 0.29) is 0 Å². The van der Waals surface area contributed by atoms with Crippen LogP contribution in [0.4, 0.5) is 0 Å². The molecule has 0 aliphatic carbocycles. The third-order valence-corrected chi connectivity index (χ3v) is 2.24. The van der Waals surface area contributed by atoms with Gasteiger partial charge in [0.15, 0.2) is 5.82 Å². The molecule has 0 unspecified atom stereocenters. The summed E-state index contributed by atoms with van der Waals surface area (Å²) in [4.78, 5) is 0. The van der Waals surface area contributed by atoms with Crippen LogP contribution in [-0.2, 0) is 0 Å². The van der Waals surface area contributed by atoms with Gasteiger partial charge in [-0.2, -0.15) is 5.10 Å². The quantitative estimate of drug-likeness (QED) is 0.665. The van der Waals surface area contributed by atoms with E-state index in [2.05, 4.69) is 34.7 Å². The molecule has 0 spiro atoms. The summed E-state index contributed by atoms with van der Waals surface area (Å²) in [5, 5.41) is 8.22. The van der Waals surface area contributed by atoms with Gasteiger partial charge in [0.05, 0.1) is 5.69 Å². The van der Waals surface area contributed by atoms with Crippen LogP contribution in [0.5, 0.6) is 0 Å². The molecule has 2 aliphatic heterocycles. The molecular formula is C10H13N3. The van der Waals surface area contributed by atoms with Crippen LogP contribution in [0.1, 0.15) is 25.6 Å². The lowest BCUT2D eigenvalue weighted by Gasteiger charge is -2.13. The number of aromatic nitrogens is 3. The lowest BCUT2D eigenvalue weighted by Crippen LogP contribution is -2.05. The zero-order valence-corrected chi connectivity index (χ0v) is 8.15. The van der Waals surface area contributed by atoms with Gasteiger partial charge in [0.1, 0.15) is 0 Å². The Bertz CT molecular complexity index is 389. The summed E-state index contributed by atoms with van der Waals surface area (Å²) in [5.74, 6) is 0.981. The molecule has 3 heteroatoms. The molecule has 3 nitrogen and oxygen atoms in total. The summed E-state index contributed by atoms with van der Waals surface area (Å²) >= 11 is 0. The SMILES string of the molecule is Cc1nnc2n(C(C)C)cccc1-2. The smallest absolute Gasteiger partial charge is 0.164 e. The van der Waals surface area contributed by atoms with Gasteiger partial charge in [-0.1, -0.05) is 0 Å². The topological polar surface area (TPSA) is 30.7 Å². The van der Waals surface area contributed by atoms with Gasteiger partial charge >= 0.3 is 0 Å². The molecule has 2 rings (SSSR count). The summed E-state index contributed by atoms with van der Waals surface area (Å²) in [7, 11) is 0. The van der Waals surface area contributed by atoms with Crippen LogP contribution >= 0.6 is 0 Å². The zero-order valence-electron chi connectivity index (χ0n) is 8.15. The highest BCUT2D eigenvalue weighted by Crippen LogP contribution is 2.24. The summed E-state index contributed by atoms with van der Waals surface area (Å²) in [6.45, 7) is 6.27. The second kappa shape index (κ2) is 2.83. The summed E-state index contributed by atoms with van der Waals surface area (Å²) in [6, 6.07) is 4.53. The van der Waals surface area contributed by atoms with Crippen LogP contribution in [-0.4, -0.2) is 14.8 Å². The Balaban J connectivity index is 2.65. The summed E-state index contributed by atoms with van der Waals surface area (Å²) in [5.41, 5.74) is 2.15. The van der Waals surface area contributed by atoms with Crippen molar-refractivity contribution >= 4 is 0 Å². The maximum Gasteiger partial charge on any atom is 0.164 e. The Kier molecular flexibility index (Phi) is 1.79. The fraction of sp³-hybridized carbons (Fsp3) is 0.400. The van der Waals surface area contributed by atoms with E-state index in [0.717, 1.165) is 17.1 Å². The number of nitrogens with zero attached hydrogens (tertiary/aromatic N) is 3. The predicted molar refractivity (Wildman–Crippen MR) is 51.8 cm³/mol. The van der Waals surface area contributed by atoms with E-state index in [4.69, 9.17) is 0 Å². The molecule has 2 aliphatic rings. The number of aryl methyl sites for hydroxylation is 1. The van der Waals surface area contributed by atoms with E-state index in [1.165, 1.54) is 0 Å². The predicted octanol–water partition coefficient (Wildman–Crippen LogP) is 2.27. The minimum Gasteiger partial charge on any atom is -0.328 e. The normalized spacial score (nSPS) is 11.4. The van der Waals surface area contributed by atoms with Crippen molar-refractivity contribution < 1.29 is 0 Å². The first kappa shape index (κ1) is 8.23. The van der Waals surface area contributed by atoms with Crippen molar-refractivity contribution in [3.63, 3.8) is 0 Å². The molecule has 0 bridgehead atoms. The van der Waals surface area contributed by atoms with Crippen LogP contribution in [0, 0.1) is 6.92 Å². The van der Waals surface area contributed by atoms with Gasteiger partial charge in [-0.05, 0) is 32.9 Å².